The molecule has 1 N–H and O–H groups in total. The van der Waals surface area contributed by atoms with E-state index in [0.717, 1.165) is 39.0 Å². The van der Waals surface area contributed by atoms with Crippen LogP contribution in [0.25, 0.3) is 0 Å². The molecule has 2 aromatic rings. The molecule has 2 fully saturated rings. The zero-order valence-corrected chi connectivity index (χ0v) is 18.2. The smallest absolute Gasteiger partial charge is 0.254 e. The van der Waals surface area contributed by atoms with Gasteiger partial charge in [-0.05, 0) is 44.0 Å². The van der Waals surface area contributed by atoms with E-state index >= 15 is 0 Å². The van der Waals surface area contributed by atoms with Gasteiger partial charge in [-0.15, -0.1) is 0 Å². The minimum Gasteiger partial charge on any atom is -0.369 e. The molecule has 31 heavy (non-hydrogen) atoms. The maximum atomic E-state index is 12.9. The van der Waals surface area contributed by atoms with Gasteiger partial charge in [0.25, 0.3) is 5.91 Å². The average molecular weight is 421 g/mol. The number of nitrogens with one attached hydrogen (secondary N) is 1. The maximum Gasteiger partial charge on any atom is 0.254 e. The molecule has 2 unspecified atom stereocenters. The molecule has 2 aliphatic rings. The number of hydrogen-bond donors (Lipinski definition) is 1. The highest BCUT2D eigenvalue weighted by Gasteiger charge is 2.34. The van der Waals surface area contributed by atoms with Crippen LogP contribution in [-0.2, 0) is 4.79 Å². The SMILES string of the molecule is CC(CNC(=O)C1CCCN1C(=O)c1ccccc1)N1CCN(c2ccccc2)CC1. The van der Waals surface area contributed by atoms with Gasteiger partial charge in [-0.25, -0.2) is 0 Å². The molecular weight excluding hydrogens is 388 g/mol. The number of likely N-dealkylation sites (tertiary alicyclic amines) is 1. The molecule has 164 valence electrons. The number of carbonyl (C=O) groups is 2. The molecule has 2 aromatic carbocycles. The number of piperazine rings is 1. The molecule has 2 atom stereocenters. The van der Waals surface area contributed by atoms with Gasteiger partial charge in [-0.2, -0.15) is 0 Å². The molecule has 0 aromatic heterocycles. The van der Waals surface area contributed by atoms with Crippen LogP contribution in [0.3, 0.4) is 0 Å². The number of hydrogen-bond acceptors (Lipinski definition) is 4. The quantitative estimate of drug-likeness (QED) is 0.781. The van der Waals surface area contributed by atoms with E-state index in [2.05, 4.69) is 46.3 Å². The Bertz CT molecular complexity index is 866. The lowest BCUT2D eigenvalue weighted by Gasteiger charge is -2.39. The highest BCUT2D eigenvalue weighted by atomic mass is 16.2. The summed E-state index contributed by atoms with van der Waals surface area (Å²) in [6, 6.07) is 19.6. The number of nitrogens with zero attached hydrogens (tertiary/aromatic N) is 3. The van der Waals surface area contributed by atoms with Crippen LogP contribution in [0, 0.1) is 0 Å². The molecule has 0 saturated carbocycles. The Balaban J connectivity index is 1.26. The van der Waals surface area contributed by atoms with Crippen molar-refractivity contribution in [2.75, 3.05) is 44.2 Å². The van der Waals surface area contributed by atoms with Crippen molar-refractivity contribution in [1.82, 2.24) is 15.1 Å². The van der Waals surface area contributed by atoms with Gasteiger partial charge in [-0.3, -0.25) is 14.5 Å². The van der Waals surface area contributed by atoms with E-state index < -0.39 is 0 Å². The van der Waals surface area contributed by atoms with Crippen LogP contribution in [0.15, 0.2) is 60.7 Å². The van der Waals surface area contributed by atoms with Crippen LogP contribution >= 0.6 is 0 Å². The summed E-state index contributed by atoms with van der Waals surface area (Å²) < 4.78 is 0. The fourth-order valence-electron chi connectivity index (χ4n) is 4.58. The Morgan fingerprint density at radius 2 is 1.58 bits per heavy atom. The Morgan fingerprint density at radius 1 is 0.935 bits per heavy atom. The molecule has 0 aliphatic carbocycles. The fourth-order valence-corrected chi connectivity index (χ4v) is 4.58. The summed E-state index contributed by atoms with van der Waals surface area (Å²) in [7, 11) is 0. The second-order valence-corrected chi connectivity index (χ2v) is 8.48. The van der Waals surface area contributed by atoms with Crippen molar-refractivity contribution in [1.29, 1.82) is 0 Å². The molecular formula is C25H32N4O2. The molecule has 4 rings (SSSR count). The maximum absolute atomic E-state index is 12.9. The van der Waals surface area contributed by atoms with Crippen LogP contribution < -0.4 is 10.2 Å². The van der Waals surface area contributed by atoms with Crippen LogP contribution in [0.5, 0.6) is 0 Å². The van der Waals surface area contributed by atoms with Crippen LogP contribution in [0.1, 0.15) is 30.1 Å². The molecule has 0 radical (unpaired) electrons. The van der Waals surface area contributed by atoms with Gasteiger partial charge in [0.2, 0.25) is 5.91 Å². The lowest BCUT2D eigenvalue weighted by Crippen LogP contribution is -2.54. The Labute approximate surface area is 184 Å². The van der Waals surface area contributed by atoms with Gasteiger partial charge in [0, 0.05) is 56.6 Å². The van der Waals surface area contributed by atoms with Gasteiger partial charge in [0.1, 0.15) is 6.04 Å². The number of carbonyl (C=O) groups excluding carboxylic acids is 2. The van der Waals surface area contributed by atoms with Crippen molar-refractivity contribution >= 4 is 17.5 Å². The summed E-state index contributed by atoms with van der Waals surface area (Å²) in [5, 5.41) is 3.11. The summed E-state index contributed by atoms with van der Waals surface area (Å²) in [4.78, 5) is 32.3. The summed E-state index contributed by atoms with van der Waals surface area (Å²) in [5.41, 5.74) is 1.92. The minimum absolute atomic E-state index is 0.0310. The molecule has 0 spiro atoms. The average Bonchev–Trinajstić information content (AvgIpc) is 3.33. The van der Waals surface area contributed by atoms with Crippen molar-refractivity contribution < 1.29 is 9.59 Å². The van der Waals surface area contributed by atoms with E-state index in [1.54, 1.807) is 4.90 Å². The van der Waals surface area contributed by atoms with Crippen molar-refractivity contribution in [2.24, 2.45) is 0 Å². The molecule has 2 saturated heterocycles. The number of rotatable bonds is 6. The lowest BCUT2D eigenvalue weighted by atomic mass is 10.1. The summed E-state index contributed by atoms with van der Waals surface area (Å²) >= 11 is 0. The highest BCUT2D eigenvalue weighted by molar-refractivity contribution is 5.97. The monoisotopic (exact) mass is 420 g/mol. The number of amides is 2. The molecule has 0 bridgehead atoms. The third-order valence-corrected chi connectivity index (χ3v) is 6.47. The summed E-state index contributed by atoms with van der Waals surface area (Å²) in [6.45, 7) is 7.35. The molecule has 6 heteroatoms. The van der Waals surface area contributed by atoms with Crippen LogP contribution in [0.2, 0.25) is 0 Å². The Morgan fingerprint density at radius 3 is 2.26 bits per heavy atom. The highest BCUT2D eigenvalue weighted by Crippen LogP contribution is 2.21. The van der Waals surface area contributed by atoms with Gasteiger partial charge in [0.15, 0.2) is 0 Å². The van der Waals surface area contributed by atoms with Crippen molar-refractivity contribution in [3.05, 3.63) is 66.2 Å². The predicted molar refractivity (Wildman–Crippen MR) is 123 cm³/mol. The van der Waals surface area contributed by atoms with E-state index in [-0.39, 0.29) is 23.9 Å². The van der Waals surface area contributed by atoms with Crippen molar-refractivity contribution in [3.8, 4) is 0 Å². The van der Waals surface area contributed by atoms with Gasteiger partial charge >= 0.3 is 0 Å². The zero-order valence-electron chi connectivity index (χ0n) is 18.2. The van der Waals surface area contributed by atoms with E-state index in [9.17, 15) is 9.59 Å². The third-order valence-electron chi connectivity index (χ3n) is 6.47. The number of para-hydroxylation sites is 1. The summed E-state index contributed by atoms with van der Waals surface area (Å²) in [6.07, 6.45) is 1.60. The predicted octanol–water partition coefficient (Wildman–Crippen LogP) is 2.62. The topological polar surface area (TPSA) is 55.9 Å². The standard InChI is InChI=1S/C25H32N4O2/c1-20(27-15-17-28(18-16-27)22-11-6-3-7-12-22)19-26-24(30)23-13-8-14-29(23)25(31)21-9-4-2-5-10-21/h2-7,9-12,20,23H,8,13-19H2,1H3,(H,26,30). The van der Waals surface area contributed by atoms with Crippen molar-refractivity contribution in [2.45, 2.75) is 31.8 Å². The van der Waals surface area contributed by atoms with Gasteiger partial charge in [0.05, 0.1) is 0 Å². The third kappa shape index (κ3) is 5.07. The summed E-state index contributed by atoms with van der Waals surface area (Å²) in [5.74, 6) is -0.0834. The largest absolute Gasteiger partial charge is 0.369 e. The Hall–Kier alpha value is -2.86. The first-order chi connectivity index (χ1) is 15.1. The fraction of sp³-hybridized carbons (Fsp3) is 0.440. The van der Waals surface area contributed by atoms with E-state index in [4.69, 9.17) is 0 Å². The second-order valence-electron chi connectivity index (χ2n) is 8.48. The normalized spacial score (nSPS) is 20.5. The lowest BCUT2D eigenvalue weighted by molar-refractivity contribution is -0.125. The molecule has 2 aliphatic heterocycles. The van der Waals surface area contributed by atoms with Crippen molar-refractivity contribution in [3.63, 3.8) is 0 Å². The Kier molecular flexibility index (Phi) is 6.87. The first-order valence-corrected chi connectivity index (χ1v) is 11.3. The van der Waals surface area contributed by atoms with Crippen LogP contribution in [0.4, 0.5) is 5.69 Å². The first kappa shape index (κ1) is 21.4. The molecule has 2 heterocycles. The minimum atomic E-state index is -0.366. The van der Waals surface area contributed by atoms with Crippen LogP contribution in [-0.4, -0.2) is 73.0 Å². The molecule has 2 amide bonds. The number of benzene rings is 2. The first-order valence-electron chi connectivity index (χ1n) is 11.3. The second kappa shape index (κ2) is 9.96. The van der Waals surface area contributed by atoms with E-state index in [1.165, 1.54) is 5.69 Å². The number of anilines is 1. The zero-order chi connectivity index (χ0) is 21.6. The van der Waals surface area contributed by atoms with Gasteiger partial charge < -0.3 is 15.1 Å². The molecule has 6 nitrogen and oxygen atoms in total. The van der Waals surface area contributed by atoms with E-state index in [1.807, 2.05) is 36.4 Å². The van der Waals surface area contributed by atoms with Gasteiger partial charge in [-0.1, -0.05) is 36.4 Å². The van der Waals surface area contributed by atoms with E-state index in [0.29, 0.717) is 18.7 Å².